The maximum absolute atomic E-state index is 12.0. The lowest BCUT2D eigenvalue weighted by Crippen LogP contribution is -2.52. The Bertz CT molecular complexity index is 333. The summed E-state index contributed by atoms with van der Waals surface area (Å²) < 4.78 is 10.7. The fourth-order valence-electron chi connectivity index (χ4n) is 2.85. The molecule has 0 aromatic carbocycles. The van der Waals surface area contributed by atoms with Crippen LogP contribution in [0.4, 0.5) is 0 Å². The van der Waals surface area contributed by atoms with Gasteiger partial charge in [-0.2, -0.15) is 0 Å². The van der Waals surface area contributed by atoms with Crippen molar-refractivity contribution in [1.82, 2.24) is 10.2 Å². The van der Waals surface area contributed by atoms with Gasteiger partial charge in [0.25, 0.3) is 0 Å². The number of methoxy groups -OCH3 is 1. The van der Waals surface area contributed by atoms with Crippen molar-refractivity contribution in [3.05, 3.63) is 0 Å². The van der Waals surface area contributed by atoms with E-state index in [4.69, 9.17) is 9.47 Å². The highest BCUT2D eigenvalue weighted by molar-refractivity contribution is 5.80. The Hall–Kier alpha value is -0.650. The average molecular weight is 300 g/mol. The Morgan fingerprint density at radius 2 is 2.19 bits per heavy atom. The van der Waals surface area contributed by atoms with Gasteiger partial charge in [-0.25, -0.2) is 0 Å². The zero-order valence-electron chi connectivity index (χ0n) is 14.3. The second-order valence-corrected chi connectivity index (χ2v) is 6.74. The van der Waals surface area contributed by atoms with Gasteiger partial charge in [-0.1, -0.05) is 6.92 Å². The highest BCUT2D eigenvalue weighted by atomic mass is 16.5. The topological polar surface area (TPSA) is 50.8 Å². The van der Waals surface area contributed by atoms with Crippen LogP contribution in [0.2, 0.25) is 0 Å². The van der Waals surface area contributed by atoms with E-state index in [1.807, 2.05) is 6.92 Å². The summed E-state index contributed by atoms with van der Waals surface area (Å²) in [4.78, 5) is 14.4. The van der Waals surface area contributed by atoms with Crippen molar-refractivity contribution in [2.75, 3.05) is 39.9 Å². The summed E-state index contributed by atoms with van der Waals surface area (Å²) in [5.41, 5.74) is -0.642. The van der Waals surface area contributed by atoms with Gasteiger partial charge in [0.05, 0.1) is 19.3 Å². The molecule has 1 aliphatic rings. The van der Waals surface area contributed by atoms with Crippen molar-refractivity contribution in [2.24, 2.45) is 0 Å². The molecule has 0 amide bonds. The third-order valence-corrected chi connectivity index (χ3v) is 4.06. The van der Waals surface area contributed by atoms with E-state index in [1.54, 1.807) is 0 Å². The molecule has 0 bridgehead atoms. The highest BCUT2D eigenvalue weighted by Gasteiger charge is 2.33. The van der Waals surface area contributed by atoms with Crippen LogP contribution in [0, 0.1) is 0 Å². The molecule has 1 heterocycles. The molecule has 21 heavy (non-hydrogen) atoms. The molecule has 1 rings (SSSR count). The minimum Gasteiger partial charge on any atom is -0.468 e. The van der Waals surface area contributed by atoms with E-state index >= 15 is 0 Å². The summed E-state index contributed by atoms with van der Waals surface area (Å²) in [6.45, 7) is 12.8. The first kappa shape index (κ1) is 18.4. The molecule has 5 heteroatoms. The van der Waals surface area contributed by atoms with Gasteiger partial charge in [-0.05, 0) is 53.1 Å². The molecule has 0 aromatic heterocycles. The Labute approximate surface area is 129 Å². The van der Waals surface area contributed by atoms with Crippen LogP contribution in [0.15, 0.2) is 0 Å². The maximum Gasteiger partial charge on any atom is 0.325 e. The summed E-state index contributed by atoms with van der Waals surface area (Å²) in [5, 5.41) is 3.33. The van der Waals surface area contributed by atoms with Crippen LogP contribution < -0.4 is 5.32 Å². The zero-order valence-corrected chi connectivity index (χ0v) is 14.3. The third-order valence-electron chi connectivity index (χ3n) is 4.06. The molecule has 0 saturated carbocycles. The molecule has 1 saturated heterocycles. The highest BCUT2D eigenvalue weighted by Crippen LogP contribution is 2.19. The van der Waals surface area contributed by atoms with Gasteiger partial charge < -0.3 is 14.8 Å². The standard InChI is InChI=1S/C16H32N2O3/c1-6-9-17-16(4,14(19)20-5)8-7-10-18-11-12-21-15(2,3)13-18/h17H,6-13H2,1-5H3. The van der Waals surface area contributed by atoms with Gasteiger partial charge in [0.15, 0.2) is 0 Å². The SMILES string of the molecule is CCCNC(C)(CCCN1CCOC(C)(C)C1)C(=O)OC. The molecule has 0 aliphatic carbocycles. The predicted octanol–water partition coefficient (Wildman–Crippen LogP) is 1.81. The zero-order chi connectivity index (χ0) is 15.9. The second-order valence-electron chi connectivity index (χ2n) is 6.74. The summed E-state index contributed by atoms with van der Waals surface area (Å²) >= 11 is 0. The number of ether oxygens (including phenoxy) is 2. The third kappa shape index (κ3) is 5.93. The van der Waals surface area contributed by atoms with Crippen molar-refractivity contribution in [1.29, 1.82) is 0 Å². The monoisotopic (exact) mass is 300 g/mol. The molecule has 124 valence electrons. The molecular weight excluding hydrogens is 268 g/mol. The average Bonchev–Trinajstić information content (AvgIpc) is 2.43. The number of rotatable bonds is 8. The maximum atomic E-state index is 12.0. The van der Waals surface area contributed by atoms with Crippen molar-refractivity contribution in [3.63, 3.8) is 0 Å². The van der Waals surface area contributed by atoms with Gasteiger partial charge in [0.1, 0.15) is 5.54 Å². The van der Waals surface area contributed by atoms with Gasteiger partial charge in [0, 0.05) is 13.1 Å². The van der Waals surface area contributed by atoms with E-state index in [0.29, 0.717) is 0 Å². The first-order valence-electron chi connectivity index (χ1n) is 8.03. The molecule has 1 unspecified atom stereocenters. The fourth-order valence-corrected chi connectivity index (χ4v) is 2.85. The van der Waals surface area contributed by atoms with E-state index < -0.39 is 5.54 Å². The summed E-state index contributed by atoms with van der Waals surface area (Å²) in [6, 6.07) is 0. The van der Waals surface area contributed by atoms with E-state index in [1.165, 1.54) is 7.11 Å². The Kier molecular flexibility index (Phi) is 7.10. The molecule has 5 nitrogen and oxygen atoms in total. The van der Waals surface area contributed by atoms with Crippen LogP contribution in [0.5, 0.6) is 0 Å². The van der Waals surface area contributed by atoms with Crippen LogP contribution in [0.25, 0.3) is 0 Å². The van der Waals surface area contributed by atoms with E-state index in [9.17, 15) is 4.79 Å². The number of nitrogens with zero attached hydrogens (tertiary/aromatic N) is 1. The van der Waals surface area contributed by atoms with Crippen molar-refractivity contribution in [3.8, 4) is 0 Å². The number of nitrogens with one attached hydrogen (secondary N) is 1. The number of carbonyl (C=O) groups is 1. The number of hydrogen-bond acceptors (Lipinski definition) is 5. The normalized spacial score (nSPS) is 21.8. The lowest BCUT2D eigenvalue weighted by molar-refractivity contribution is -0.148. The van der Waals surface area contributed by atoms with Gasteiger partial charge in [-0.15, -0.1) is 0 Å². The van der Waals surface area contributed by atoms with Crippen molar-refractivity contribution in [2.45, 2.75) is 58.1 Å². The molecule has 1 aliphatic heterocycles. The molecular formula is C16H32N2O3. The summed E-state index contributed by atoms with van der Waals surface area (Å²) in [7, 11) is 1.46. The minimum absolute atomic E-state index is 0.0651. The lowest BCUT2D eigenvalue weighted by Gasteiger charge is -2.38. The smallest absolute Gasteiger partial charge is 0.325 e. The Morgan fingerprint density at radius 3 is 2.76 bits per heavy atom. The minimum atomic E-state index is -0.577. The fraction of sp³-hybridized carbons (Fsp3) is 0.938. The molecule has 0 spiro atoms. The number of morpholine rings is 1. The van der Waals surface area contributed by atoms with Gasteiger partial charge >= 0.3 is 5.97 Å². The molecule has 1 atom stereocenters. The van der Waals surface area contributed by atoms with Crippen LogP contribution in [0.3, 0.4) is 0 Å². The predicted molar refractivity (Wildman–Crippen MR) is 84.4 cm³/mol. The number of carbonyl (C=O) groups excluding carboxylic acids is 1. The molecule has 0 radical (unpaired) electrons. The summed E-state index contributed by atoms with van der Waals surface area (Å²) in [6.07, 6.45) is 2.76. The largest absolute Gasteiger partial charge is 0.468 e. The van der Waals surface area contributed by atoms with Crippen LogP contribution in [0.1, 0.15) is 47.0 Å². The molecule has 1 fully saturated rings. The quantitative estimate of drug-likeness (QED) is 0.693. The van der Waals surface area contributed by atoms with E-state index in [0.717, 1.165) is 52.0 Å². The summed E-state index contributed by atoms with van der Waals surface area (Å²) in [5.74, 6) is -0.168. The van der Waals surface area contributed by atoms with Crippen molar-refractivity contribution < 1.29 is 14.3 Å². The Balaban J connectivity index is 2.44. The number of hydrogen-bond donors (Lipinski definition) is 1. The van der Waals surface area contributed by atoms with E-state index in [2.05, 4.69) is 31.0 Å². The first-order valence-corrected chi connectivity index (χ1v) is 8.03. The van der Waals surface area contributed by atoms with E-state index in [-0.39, 0.29) is 11.6 Å². The molecule has 0 aromatic rings. The van der Waals surface area contributed by atoms with Crippen LogP contribution in [-0.4, -0.2) is 61.9 Å². The van der Waals surface area contributed by atoms with Gasteiger partial charge in [-0.3, -0.25) is 9.69 Å². The van der Waals surface area contributed by atoms with Crippen LogP contribution in [-0.2, 0) is 14.3 Å². The lowest BCUT2D eigenvalue weighted by atomic mass is 9.95. The van der Waals surface area contributed by atoms with Crippen LogP contribution >= 0.6 is 0 Å². The number of esters is 1. The molecule has 1 N–H and O–H groups in total. The Morgan fingerprint density at radius 1 is 1.48 bits per heavy atom. The van der Waals surface area contributed by atoms with Gasteiger partial charge in [0.2, 0.25) is 0 Å². The second kappa shape index (κ2) is 8.11. The van der Waals surface area contributed by atoms with Crippen molar-refractivity contribution >= 4 is 5.97 Å². The first-order chi connectivity index (χ1) is 9.83.